The molecule has 5 nitrogen and oxygen atoms in total. The van der Waals surface area contributed by atoms with E-state index in [-0.39, 0.29) is 12.0 Å². The van der Waals surface area contributed by atoms with E-state index in [1.165, 1.54) is 4.88 Å². The van der Waals surface area contributed by atoms with Gasteiger partial charge in [-0.15, -0.1) is 11.3 Å². The number of nitrogens with zero attached hydrogens (tertiary/aromatic N) is 2. The summed E-state index contributed by atoms with van der Waals surface area (Å²) in [6.45, 7) is 4.99. The number of hydrogen-bond acceptors (Lipinski definition) is 5. The Hall–Kier alpha value is -0.950. The zero-order valence-electron chi connectivity index (χ0n) is 12.7. The summed E-state index contributed by atoms with van der Waals surface area (Å²) in [7, 11) is 1.61. The molecule has 118 valence electrons. The van der Waals surface area contributed by atoms with Gasteiger partial charge >= 0.3 is 0 Å². The van der Waals surface area contributed by atoms with Crippen molar-refractivity contribution >= 4 is 17.2 Å². The van der Waals surface area contributed by atoms with Crippen molar-refractivity contribution in [1.82, 2.24) is 9.80 Å². The first-order valence-corrected chi connectivity index (χ1v) is 8.36. The molecule has 1 aliphatic heterocycles. The molecule has 2 N–H and O–H groups in total. The molecule has 1 atom stereocenters. The van der Waals surface area contributed by atoms with Gasteiger partial charge in [-0.2, -0.15) is 0 Å². The molecular formula is C15H25N3O2S. The van der Waals surface area contributed by atoms with Crippen LogP contribution < -0.4 is 5.73 Å². The molecule has 0 aromatic carbocycles. The number of methoxy groups -OCH3 is 1. The quantitative estimate of drug-likeness (QED) is 0.856. The molecule has 1 aromatic rings. The molecular weight excluding hydrogens is 286 g/mol. The van der Waals surface area contributed by atoms with Crippen LogP contribution in [0.4, 0.5) is 0 Å². The Morgan fingerprint density at radius 1 is 1.43 bits per heavy atom. The Kier molecular flexibility index (Phi) is 6.63. The van der Waals surface area contributed by atoms with Gasteiger partial charge in [0.25, 0.3) is 0 Å². The van der Waals surface area contributed by atoms with Crippen molar-refractivity contribution in [3.05, 3.63) is 22.4 Å². The molecule has 1 unspecified atom stereocenters. The van der Waals surface area contributed by atoms with Crippen LogP contribution in [0.25, 0.3) is 0 Å². The monoisotopic (exact) mass is 311 g/mol. The van der Waals surface area contributed by atoms with E-state index in [0.29, 0.717) is 13.0 Å². The first kappa shape index (κ1) is 16.4. The van der Waals surface area contributed by atoms with Crippen LogP contribution in [0.15, 0.2) is 17.5 Å². The summed E-state index contributed by atoms with van der Waals surface area (Å²) in [6.07, 6.45) is 1.25. The summed E-state index contributed by atoms with van der Waals surface area (Å²) in [4.78, 5) is 18.0. The minimum absolute atomic E-state index is 0.158. The van der Waals surface area contributed by atoms with Crippen LogP contribution in [0, 0.1) is 0 Å². The number of carbonyl (C=O) groups excluding carboxylic acids is 1. The van der Waals surface area contributed by atoms with Crippen molar-refractivity contribution in [1.29, 1.82) is 0 Å². The predicted molar refractivity (Wildman–Crippen MR) is 85.3 cm³/mol. The highest BCUT2D eigenvalue weighted by molar-refractivity contribution is 7.09. The van der Waals surface area contributed by atoms with Crippen molar-refractivity contribution in [2.75, 3.05) is 39.8 Å². The second-order valence-electron chi connectivity index (χ2n) is 5.39. The van der Waals surface area contributed by atoms with Crippen molar-refractivity contribution in [3.63, 3.8) is 0 Å². The maximum atomic E-state index is 12.3. The average Bonchev–Trinajstić information content (AvgIpc) is 2.89. The first-order chi connectivity index (χ1) is 10.2. The van der Waals surface area contributed by atoms with Crippen LogP contribution in [0.2, 0.25) is 0 Å². The third-order valence-corrected chi connectivity index (χ3v) is 4.76. The molecule has 2 rings (SSSR count). The van der Waals surface area contributed by atoms with Gasteiger partial charge in [0.2, 0.25) is 5.91 Å². The van der Waals surface area contributed by atoms with Crippen LogP contribution >= 0.6 is 11.3 Å². The van der Waals surface area contributed by atoms with Crippen LogP contribution in [0.1, 0.15) is 17.7 Å². The third-order valence-electron chi connectivity index (χ3n) is 3.90. The van der Waals surface area contributed by atoms with Gasteiger partial charge in [0.15, 0.2) is 0 Å². The van der Waals surface area contributed by atoms with Crippen molar-refractivity contribution < 1.29 is 9.53 Å². The lowest BCUT2D eigenvalue weighted by atomic mass is 10.2. The number of hydrogen-bond donors (Lipinski definition) is 1. The van der Waals surface area contributed by atoms with E-state index in [4.69, 9.17) is 10.5 Å². The molecule has 1 amide bonds. The molecule has 6 heteroatoms. The SMILES string of the molecule is COC(CN)CC(=O)N1CCCN(Cc2cccs2)CC1. The predicted octanol–water partition coefficient (Wildman–Crippen LogP) is 1.15. The van der Waals surface area contributed by atoms with E-state index < -0.39 is 0 Å². The molecule has 1 aliphatic rings. The Labute approximate surface area is 130 Å². The average molecular weight is 311 g/mol. The second kappa shape index (κ2) is 8.48. The summed E-state index contributed by atoms with van der Waals surface area (Å²) >= 11 is 1.79. The van der Waals surface area contributed by atoms with Crippen LogP contribution in [-0.4, -0.2) is 61.6 Å². The van der Waals surface area contributed by atoms with Gasteiger partial charge in [0.1, 0.15) is 0 Å². The zero-order valence-corrected chi connectivity index (χ0v) is 13.5. The highest BCUT2D eigenvalue weighted by atomic mass is 32.1. The van der Waals surface area contributed by atoms with Gasteiger partial charge < -0.3 is 15.4 Å². The van der Waals surface area contributed by atoms with Gasteiger partial charge in [-0.05, 0) is 17.9 Å². The Balaban J connectivity index is 1.81. The first-order valence-electron chi connectivity index (χ1n) is 7.48. The lowest BCUT2D eigenvalue weighted by Gasteiger charge is -2.23. The summed E-state index contributed by atoms with van der Waals surface area (Å²) in [5.41, 5.74) is 5.59. The number of rotatable bonds is 6. The number of ether oxygens (including phenoxy) is 1. The van der Waals surface area contributed by atoms with Crippen molar-refractivity contribution in [2.24, 2.45) is 5.73 Å². The molecule has 0 bridgehead atoms. The minimum Gasteiger partial charge on any atom is -0.380 e. The second-order valence-corrected chi connectivity index (χ2v) is 6.42. The molecule has 0 spiro atoms. The lowest BCUT2D eigenvalue weighted by molar-refractivity contribution is -0.133. The number of thiophene rings is 1. The summed E-state index contributed by atoms with van der Waals surface area (Å²) in [6, 6.07) is 4.26. The molecule has 2 heterocycles. The summed E-state index contributed by atoms with van der Waals surface area (Å²) < 4.78 is 5.20. The van der Waals surface area contributed by atoms with Gasteiger partial charge in [-0.25, -0.2) is 0 Å². The Morgan fingerprint density at radius 2 is 2.29 bits per heavy atom. The van der Waals surface area contributed by atoms with E-state index in [9.17, 15) is 4.79 Å². The van der Waals surface area contributed by atoms with Crippen molar-refractivity contribution in [2.45, 2.75) is 25.5 Å². The highest BCUT2D eigenvalue weighted by Gasteiger charge is 2.21. The number of amides is 1. The van der Waals surface area contributed by atoms with Crippen LogP contribution in [-0.2, 0) is 16.1 Å². The van der Waals surface area contributed by atoms with E-state index in [2.05, 4.69) is 22.4 Å². The molecule has 0 radical (unpaired) electrons. The van der Waals surface area contributed by atoms with Gasteiger partial charge in [-0.1, -0.05) is 6.07 Å². The zero-order chi connectivity index (χ0) is 15.1. The molecule has 1 saturated heterocycles. The largest absolute Gasteiger partial charge is 0.380 e. The Bertz CT molecular complexity index is 421. The molecule has 0 saturated carbocycles. The van der Waals surface area contributed by atoms with Gasteiger partial charge in [0.05, 0.1) is 12.5 Å². The molecule has 0 aliphatic carbocycles. The van der Waals surface area contributed by atoms with E-state index in [1.807, 2.05) is 4.90 Å². The lowest BCUT2D eigenvalue weighted by Crippen LogP contribution is -2.38. The smallest absolute Gasteiger partial charge is 0.225 e. The molecule has 1 fully saturated rings. The fraction of sp³-hybridized carbons (Fsp3) is 0.667. The van der Waals surface area contributed by atoms with Crippen LogP contribution in [0.3, 0.4) is 0 Å². The van der Waals surface area contributed by atoms with Gasteiger partial charge in [-0.3, -0.25) is 9.69 Å². The number of nitrogens with two attached hydrogens (primary N) is 1. The maximum Gasteiger partial charge on any atom is 0.225 e. The van der Waals surface area contributed by atoms with E-state index in [0.717, 1.165) is 39.1 Å². The molecule has 1 aromatic heterocycles. The third kappa shape index (κ3) is 5.07. The van der Waals surface area contributed by atoms with E-state index in [1.54, 1.807) is 18.4 Å². The van der Waals surface area contributed by atoms with Crippen LogP contribution in [0.5, 0.6) is 0 Å². The topological polar surface area (TPSA) is 58.8 Å². The summed E-state index contributed by atoms with van der Waals surface area (Å²) in [5.74, 6) is 0.158. The normalized spacial score (nSPS) is 18.5. The minimum atomic E-state index is -0.164. The van der Waals surface area contributed by atoms with Gasteiger partial charge in [0, 0.05) is 51.3 Å². The summed E-state index contributed by atoms with van der Waals surface area (Å²) in [5, 5.41) is 2.11. The Morgan fingerprint density at radius 3 is 2.95 bits per heavy atom. The number of carbonyl (C=O) groups is 1. The molecule has 21 heavy (non-hydrogen) atoms. The maximum absolute atomic E-state index is 12.3. The standard InChI is InChI=1S/C15H25N3O2S/c1-20-13(11-16)10-15(19)18-6-3-5-17(7-8-18)12-14-4-2-9-21-14/h2,4,9,13H,3,5-8,10-12,16H2,1H3. The fourth-order valence-electron chi connectivity index (χ4n) is 2.59. The van der Waals surface area contributed by atoms with E-state index >= 15 is 0 Å². The van der Waals surface area contributed by atoms with Crippen molar-refractivity contribution in [3.8, 4) is 0 Å². The highest BCUT2D eigenvalue weighted by Crippen LogP contribution is 2.14. The fourth-order valence-corrected chi connectivity index (χ4v) is 3.33.